The van der Waals surface area contributed by atoms with Crippen molar-refractivity contribution in [2.24, 2.45) is 0 Å². The quantitative estimate of drug-likeness (QED) is 0.851. The number of aliphatic hydroxyl groups is 1. The molecule has 1 aliphatic rings. The Balaban J connectivity index is 1.96. The molecule has 1 unspecified atom stereocenters. The van der Waals surface area contributed by atoms with Crippen molar-refractivity contribution in [3.8, 4) is 0 Å². The summed E-state index contributed by atoms with van der Waals surface area (Å²) in [4.78, 5) is 14.7. The van der Waals surface area contributed by atoms with Gasteiger partial charge in [0, 0.05) is 23.2 Å². The molecule has 1 aromatic carbocycles. The van der Waals surface area contributed by atoms with Gasteiger partial charge >= 0.3 is 0 Å². The molecule has 2 heterocycles. The van der Waals surface area contributed by atoms with E-state index in [9.17, 15) is 14.3 Å². The first-order valence-corrected chi connectivity index (χ1v) is 7.68. The standard InChI is InChI=1S/C15H17FN2O2S/c1-15(20)5-2-6-18(8-15)14(19)13-12(17)10-7-9(16)3-4-11(10)21-13/h3-4,7,20H,2,5-6,8,17H2,1H3. The first kappa shape index (κ1) is 14.3. The minimum atomic E-state index is -0.856. The molecule has 4 nitrogen and oxygen atoms in total. The molecule has 1 saturated heterocycles. The molecular weight excluding hydrogens is 291 g/mol. The van der Waals surface area contributed by atoms with E-state index in [-0.39, 0.29) is 11.7 Å². The number of nitrogens with zero attached hydrogens (tertiary/aromatic N) is 1. The second-order valence-electron chi connectivity index (χ2n) is 5.81. The molecule has 21 heavy (non-hydrogen) atoms. The molecule has 0 bridgehead atoms. The lowest BCUT2D eigenvalue weighted by Gasteiger charge is -2.36. The van der Waals surface area contributed by atoms with E-state index in [0.717, 1.165) is 11.1 Å². The fourth-order valence-electron chi connectivity index (χ4n) is 2.78. The van der Waals surface area contributed by atoms with Gasteiger partial charge in [-0.25, -0.2) is 4.39 Å². The molecule has 0 saturated carbocycles. The van der Waals surface area contributed by atoms with Gasteiger partial charge in [-0.3, -0.25) is 4.79 Å². The van der Waals surface area contributed by atoms with Gasteiger partial charge in [0.2, 0.25) is 0 Å². The van der Waals surface area contributed by atoms with Crippen LogP contribution in [-0.2, 0) is 0 Å². The first-order valence-electron chi connectivity index (χ1n) is 6.86. The van der Waals surface area contributed by atoms with E-state index in [1.54, 1.807) is 17.9 Å². The monoisotopic (exact) mass is 308 g/mol. The Morgan fingerprint density at radius 2 is 2.29 bits per heavy atom. The number of piperidine rings is 1. The highest BCUT2D eigenvalue weighted by molar-refractivity contribution is 7.21. The largest absolute Gasteiger partial charge is 0.397 e. The Morgan fingerprint density at radius 1 is 1.52 bits per heavy atom. The maximum Gasteiger partial charge on any atom is 0.266 e. The number of likely N-dealkylation sites (tertiary alicyclic amines) is 1. The van der Waals surface area contributed by atoms with Gasteiger partial charge in [-0.05, 0) is 38.0 Å². The number of rotatable bonds is 1. The number of benzene rings is 1. The van der Waals surface area contributed by atoms with Crippen molar-refractivity contribution in [2.75, 3.05) is 18.8 Å². The third-order valence-corrected chi connectivity index (χ3v) is 5.02. The average molecular weight is 308 g/mol. The number of carbonyl (C=O) groups excluding carboxylic acids is 1. The Labute approximate surface area is 126 Å². The zero-order valence-electron chi connectivity index (χ0n) is 11.7. The Morgan fingerprint density at radius 3 is 3.00 bits per heavy atom. The Hall–Kier alpha value is -1.66. The van der Waals surface area contributed by atoms with Gasteiger partial charge in [0.1, 0.15) is 10.7 Å². The van der Waals surface area contributed by atoms with Crippen LogP contribution in [0.25, 0.3) is 10.1 Å². The molecule has 1 amide bonds. The van der Waals surface area contributed by atoms with Crippen LogP contribution in [0.4, 0.5) is 10.1 Å². The normalized spacial score (nSPS) is 22.7. The molecule has 2 aromatic rings. The molecule has 0 aliphatic carbocycles. The van der Waals surface area contributed by atoms with Gasteiger partial charge in [0.05, 0.1) is 11.3 Å². The fourth-order valence-corrected chi connectivity index (χ4v) is 3.86. The molecule has 1 atom stereocenters. The summed E-state index contributed by atoms with van der Waals surface area (Å²) in [6, 6.07) is 4.34. The average Bonchev–Trinajstić information content (AvgIpc) is 2.74. The SMILES string of the molecule is CC1(O)CCCN(C(=O)c2sc3ccc(F)cc3c2N)C1. The number of amides is 1. The number of nitrogen functional groups attached to an aromatic ring is 1. The fraction of sp³-hybridized carbons (Fsp3) is 0.400. The van der Waals surface area contributed by atoms with Crippen LogP contribution in [0.1, 0.15) is 29.4 Å². The number of nitrogens with two attached hydrogens (primary N) is 1. The summed E-state index contributed by atoms with van der Waals surface area (Å²) >= 11 is 1.27. The van der Waals surface area contributed by atoms with Gasteiger partial charge in [-0.2, -0.15) is 0 Å². The summed E-state index contributed by atoms with van der Waals surface area (Å²) in [6.45, 7) is 2.64. The van der Waals surface area contributed by atoms with E-state index in [2.05, 4.69) is 0 Å². The summed E-state index contributed by atoms with van der Waals surface area (Å²) < 4.78 is 14.1. The van der Waals surface area contributed by atoms with Crippen molar-refractivity contribution < 1.29 is 14.3 Å². The van der Waals surface area contributed by atoms with Crippen LogP contribution in [0, 0.1) is 5.82 Å². The van der Waals surface area contributed by atoms with Crippen LogP contribution >= 0.6 is 11.3 Å². The molecule has 3 N–H and O–H groups in total. The van der Waals surface area contributed by atoms with Crippen LogP contribution in [-0.4, -0.2) is 34.6 Å². The highest BCUT2D eigenvalue weighted by atomic mass is 32.1. The van der Waals surface area contributed by atoms with E-state index in [1.165, 1.54) is 23.5 Å². The number of hydrogen-bond donors (Lipinski definition) is 2. The topological polar surface area (TPSA) is 66.6 Å². The highest BCUT2D eigenvalue weighted by Gasteiger charge is 2.32. The van der Waals surface area contributed by atoms with Crippen LogP contribution in [0.5, 0.6) is 0 Å². The molecule has 1 fully saturated rings. The Bertz CT molecular complexity index is 711. The van der Waals surface area contributed by atoms with E-state index in [1.807, 2.05) is 0 Å². The minimum Gasteiger partial charge on any atom is -0.397 e. The van der Waals surface area contributed by atoms with E-state index in [4.69, 9.17) is 5.73 Å². The minimum absolute atomic E-state index is 0.186. The van der Waals surface area contributed by atoms with Crippen LogP contribution in [0.3, 0.4) is 0 Å². The summed E-state index contributed by atoms with van der Waals surface area (Å²) in [5.74, 6) is -0.555. The summed E-state index contributed by atoms with van der Waals surface area (Å²) in [7, 11) is 0. The van der Waals surface area contributed by atoms with Crippen molar-refractivity contribution in [3.05, 3.63) is 28.9 Å². The van der Waals surface area contributed by atoms with E-state index >= 15 is 0 Å². The number of anilines is 1. The van der Waals surface area contributed by atoms with Gasteiger partial charge in [0.25, 0.3) is 5.91 Å². The maximum atomic E-state index is 13.3. The zero-order valence-corrected chi connectivity index (χ0v) is 12.5. The van der Waals surface area contributed by atoms with Crippen molar-refractivity contribution in [1.29, 1.82) is 0 Å². The lowest BCUT2D eigenvalue weighted by molar-refractivity contribution is -0.0105. The van der Waals surface area contributed by atoms with Gasteiger partial charge in [0.15, 0.2) is 0 Å². The predicted octanol–water partition coefficient (Wildman–Crippen LogP) is 2.61. The lowest BCUT2D eigenvalue weighted by atomic mass is 9.95. The number of halogens is 1. The molecule has 0 spiro atoms. The molecular formula is C15H17FN2O2S. The van der Waals surface area contributed by atoms with Gasteiger partial charge < -0.3 is 15.7 Å². The number of thiophene rings is 1. The number of carbonyl (C=O) groups is 1. The summed E-state index contributed by atoms with van der Waals surface area (Å²) in [5, 5.41) is 10.7. The predicted molar refractivity (Wildman–Crippen MR) is 82.0 cm³/mol. The zero-order chi connectivity index (χ0) is 15.2. The smallest absolute Gasteiger partial charge is 0.266 e. The Kier molecular flexibility index (Phi) is 3.37. The van der Waals surface area contributed by atoms with Crippen LogP contribution < -0.4 is 5.73 Å². The number of β-amino-alcohol motifs (C(OH)–C–C–N with tert-alkyl or cyclic N) is 1. The molecule has 1 aromatic heterocycles. The van der Waals surface area contributed by atoms with E-state index in [0.29, 0.717) is 35.5 Å². The molecule has 6 heteroatoms. The van der Waals surface area contributed by atoms with Crippen LogP contribution in [0.15, 0.2) is 18.2 Å². The van der Waals surface area contributed by atoms with E-state index < -0.39 is 5.60 Å². The first-order chi connectivity index (χ1) is 9.87. The summed E-state index contributed by atoms with van der Waals surface area (Å²) in [5.41, 5.74) is 5.48. The molecule has 1 aliphatic heterocycles. The number of hydrogen-bond acceptors (Lipinski definition) is 4. The molecule has 112 valence electrons. The third-order valence-electron chi connectivity index (χ3n) is 3.84. The van der Waals surface area contributed by atoms with Crippen molar-refractivity contribution >= 4 is 33.0 Å². The van der Waals surface area contributed by atoms with Crippen molar-refractivity contribution in [3.63, 3.8) is 0 Å². The maximum absolute atomic E-state index is 13.3. The molecule has 3 rings (SSSR count). The van der Waals surface area contributed by atoms with Crippen molar-refractivity contribution in [1.82, 2.24) is 4.90 Å². The second-order valence-corrected chi connectivity index (χ2v) is 6.86. The van der Waals surface area contributed by atoms with Gasteiger partial charge in [-0.1, -0.05) is 0 Å². The lowest BCUT2D eigenvalue weighted by Crippen LogP contribution is -2.48. The highest BCUT2D eigenvalue weighted by Crippen LogP contribution is 2.35. The van der Waals surface area contributed by atoms with Gasteiger partial charge in [-0.15, -0.1) is 11.3 Å². The third kappa shape index (κ3) is 2.61. The molecule has 0 radical (unpaired) electrons. The summed E-state index contributed by atoms with van der Waals surface area (Å²) in [6.07, 6.45) is 1.45. The number of fused-ring (bicyclic) bond motifs is 1. The van der Waals surface area contributed by atoms with Crippen LogP contribution in [0.2, 0.25) is 0 Å². The second kappa shape index (κ2) is 4.96. The van der Waals surface area contributed by atoms with Crippen molar-refractivity contribution in [2.45, 2.75) is 25.4 Å².